The molecule has 1 aliphatic heterocycles. The molecule has 1 aliphatic rings. The Bertz CT molecular complexity index is 1140. The smallest absolute Gasteiger partial charge is 0.243 e. The first-order valence-corrected chi connectivity index (χ1v) is 12.8. The molecule has 5 heteroatoms. The molecular weight excluding hydrogens is 440 g/mol. The fourth-order valence-corrected chi connectivity index (χ4v) is 5.70. The topological polar surface area (TPSA) is 40.6 Å². The van der Waals surface area contributed by atoms with Crippen LogP contribution in [0.2, 0.25) is 0 Å². The van der Waals surface area contributed by atoms with Crippen LogP contribution in [-0.2, 0) is 16.0 Å². The van der Waals surface area contributed by atoms with Gasteiger partial charge in [-0.3, -0.25) is 9.59 Å². The molecule has 0 radical (unpaired) electrons. The number of hydrogen-bond donors (Lipinski definition) is 0. The summed E-state index contributed by atoms with van der Waals surface area (Å²) in [6, 6.07) is 20.2. The summed E-state index contributed by atoms with van der Waals surface area (Å²) in [5.74, 6) is -0.325. The maximum absolute atomic E-state index is 13.7. The number of carbonyl (C=O) groups excluding carboxylic acids is 2. The van der Waals surface area contributed by atoms with Crippen molar-refractivity contribution in [1.82, 2.24) is 9.80 Å². The molecule has 2 atom stereocenters. The van der Waals surface area contributed by atoms with Crippen molar-refractivity contribution in [3.05, 3.63) is 106 Å². The Labute approximate surface area is 206 Å². The molecule has 0 fully saturated rings. The summed E-state index contributed by atoms with van der Waals surface area (Å²) < 4.78 is 0. The van der Waals surface area contributed by atoms with Gasteiger partial charge < -0.3 is 9.80 Å². The normalized spacial score (nSPS) is 15.9. The van der Waals surface area contributed by atoms with Crippen LogP contribution in [0.4, 0.5) is 0 Å². The average Bonchev–Trinajstić information content (AvgIpc) is 3.34. The fourth-order valence-electron chi connectivity index (χ4n) is 4.79. The van der Waals surface area contributed by atoms with Gasteiger partial charge in [0.15, 0.2) is 0 Å². The Morgan fingerprint density at radius 2 is 1.88 bits per heavy atom. The lowest BCUT2D eigenvalue weighted by Gasteiger charge is -2.38. The van der Waals surface area contributed by atoms with E-state index in [4.69, 9.17) is 0 Å². The molecule has 2 heterocycles. The second-order valence-electron chi connectivity index (χ2n) is 8.83. The standard InChI is InChI=1S/C29H32N2O2S/c1-4-17-30(29(33)24(5-2)22-9-7-6-8-10-22)20-27(32)31-18-15-26-25(16-19-34-26)28(31)23-13-11-21(3)12-14-23/h4,6-14,16,19,24,28H,1,5,15,17-18,20H2,2-3H3. The molecule has 4 rings (SSSR count). The quantitative estimate of drug-likeness (QED) is 0.392. The number of aryl methyl sites for hydroxylation is 1. The van der Waals surface area contributed by atoms with E-state index in [1.54, 1.807) is 22.3 Å². The van der Waals surface area contributed by atoms with E-state index in [9.17, 15) is 9.59 Å². The van der Waals surface area contributed by atoms with Gasteiger partial charge in [-0.05, 0) is 47.9 Å². The van der Waals surface area contributed by atoms with E-state index in [2.05, 4.69) is 49.2 Å². The van der Waals surface area contributed by atoms with Crippen LogP contribution in [0.5, 0.6) is 0 Å². The molecule has 176 valence electrons. The lowest BCUT2D eigenvalue weighted by atomic mass is 9.92. The van der Waals surface area contributed by atoms with Crippen molar-refractivity contribution in [1.29, 1.82) is 0 Å². The molecule has 4 nitrogen and oxygen atoms in total. The number of nitrogens with zero attached hydrogens (tertiary/aromatic N) is 2. The van der Waals surface area contributed by atoms with E-state index in [0.717, 1.165) is 17.5 Å². The molecule has 0 spiro atoms. The summed E-state index contributed by atoms with van der Waals surface area (Å²) in [6.07, 6.45) is 3.23. The van der Waals surface area contributed by atoms with Crippen molar-refractivity contribution in [2.45, 2.75) is 38.6 Å². The summed E-state index contributed by atoms with van der Waals surface area (Å²) in [6.45, 7) is 8.97. The number of hydrogen-bond acceptors (Lipinski definition) is 3. The minimum atomic E-state index is -0.272. The van der Waals surface area contributed by atoms with Gasteiger partial charge in [0.1, 0.15) is 6.54 Å². The third-order valence-electron chi connectivity index (χ3n) is 6.57. The molecular formula is C29H32N2O2S. The third-order valence-corrected chi connectivity index (χ3v) is 7.57. The zero-order chi connectivity index (χ0) is 24.1. The van der Waals surface area contributed by atoms with Crippen LogP contribution < -0.4 is 0 Å². The van der Waals surface area contributed by atoms with E-state index in [1.165, 1.54) is 16.0 Å². The van der Waals surface area contributed by atoms with Crippen molar-refractivity contribution in [3.63, 3.8) is 0 Å². The number of rotatable bonds is 8. The number of carbonyl (C=O) groups is 2. The van der Waals surface area contributed by atoms with Crippen molar-refractivity contribution in [2.75, 3.05) is 19.6 Å². The van der Waals surface area contributed by atoms with Crippen molar-refractivity contribution >= 4 is 23.2 Å². The summed E-state index contributed by atoms with van der Waals surface area (Å²) in [7, 11) is 0. The number of thiophene rings is 1. The molecule has 0 bridgehead atoms. The Morgan fingerprint density at radius 3 is 2.56 bits per heavy atom. The molecule has 1 aromatic heterocycles. The molecule has 0 aliphatic carbocycles. The molecule has 2 unspecified atom stereocenters. The lowest BCUT2D eigenvalue weighted by Crippen LogP contribution is -2.47. The molecule has 3 aromatic rings. The Hall–Kier alpha value is -3.18. The minimum Gasteiger partial charge on any atom is -0.330 e. The van der Waals surface area contributed by atoms with E-state index in [1.807, 2.05) is 42.2 Å². The van der Waals surface area contributed by atoms with Gasteiger partial charge in [-0.15, -0.1) is 17.9 Å². The van der Waals surface area contributed by atoms with E-state index in [0.29, 0.717) is 19.5 Å². The molecule has 0 saturated carbocycles. The number of amides is 2. The highest BCUT2D eigenvalue weighted by Gasteiger charge is 2.34. The molecule has 0 N–H and O–H groups in total. The second kappa shape index (κ2) is 10.8. The third kappa shape index (κ3) is 5.00. The zero-order valence-corrected chi connectivity index (χ0v) is 20.8. The van der Waals surface area contributed by atoms with Crippen LogP contribution >= 0.6 is 11.3 Å². The van der Waals surface area contributed by atoms with Gasteiger partial charge in [0, 0.05) is 18.0 Å². The largest absolute Gasteiger partial charge is 0.330 e. The van der Waals surface area contributed by atoms with Crippen LogP contribution in [-0.4, -0.2) is 41.2 Å². The van der Waals surface area contributed by atoms with Crippen molar-refractivity contribution < 1.29 is 9.59 Å². The van der Waals surface area contributed by atoms with Gasteiger partial charge >= 0.3 is 0 Å². The summed E-state index contributed by atoms with van der Waals surface area (Å²) in [4.78, 5) is 32.2. The molecule has 0 saturated heterocycles. The van der Waals surface area contributed by atoms with Gasteiger partial charge in [0.2, 0.25) is 11.8 Å². The Balaban J connectivity index is 1.60. The molecule has 2 aromatic carbocycles. The van der Waals surface area contributed by atoms with Crippen LogP contribution in [0.15, 0.2) is 78.7 Å². The van der Waals surface area contributed by atoms with Gasteiger partial charge in [-0.2, -0.15) is 0 Å². The predicted octanol–water partition coefficient (Wildman–Crippen LogP) is 5.74. The molecule has 2 amide bonds. The van der Waals surface area contributed by atoms with Crippen molar-refractivity contribution in [2.24, 2.45) is 0 Å². The average molecular weight is 473 g/mol. The van der Waals surface area contributed by atoms with Crippen LogP contribution in [0.3, 0.4) is 0 Å². The first-order chi connectivity index (χ1) is 16.5. The van der Waals surface area contributed by atoms with Crippen LogP contribution in [0.25, 0.3) is 0 Å². The van der Waals surface area contributed by atoms with E-state index >= 15 is 0 Å². The van der Waals surface area contributed by atoms with Crippen LogP contribution in [0.1, 0.15) is 52.4 Å². The summed E-state index contributed by atoms with van der Waals surface area (Å²) in [5.41, 5.74) is 4.48. The number of benzene rings is 2. The summed E-state index contributed by atoms with van der Waals surface area (Å²) >= 11 is 1.76. The minimum absolute atomic E-state index is 0.0259. The zero-order valence-electron chi connectivity index (χ0n) is 19.9. The van der Waals surface area contributed by atoms with Crippen molar-refractivity contribution in [3.8, 4) is 0 Å². The first kappa shape index (κ1) is 24.0. The van der Waals surface area contributed by atoms with Gasteiger partial charge in [-0.1, -0.05) is 73.2 Å². The van der Waals surface area contributed by atoms with Gasteiger partial charge in [0.05, 0.1) is 12.0 Å². The maximum Gasteiger partial charge on any atom is 0.243 e. The summed E-state index contributed by atoms with van der Waals surface area (Å²) in [5, 5.41) is 2.11. The monoisotopic (exact) mass is 472 g/mol. The highest BCUT2D eigenvalue weighted by molar-refractivity contribution is 7.10. The van der Waals surface area contributed by atoms with Gasteiger partial charge in [0.25, 0.3) is 0 Å². The van der Waals surface area contributed by atoms with E-state index in [-0.39, 0.29) is 30.3 Å². The Morgan fingerprint density at radius 1 is 1.15 bits per heavy atom. The molecule has 34 heavy (non-hydrogen) atoms. The van der Waals surface area contributed by atoms with E-state index < -0.39 is 0 Å². The van der Waals surface area contributed by atoms with Gasteiger partial charge in [-0.25, -0.2) is 0 Å². The highest BCUT2D eigenvalue weighted by atomic mass is 32.1. The number of fused-ring (bicyclic) bond motifs is 1. The maximum atomic E-state index is 13.7. The second-order valence-corrected chi connectivity index (χ2v) is 9.83. The first-order valence-electron chi connectivity index (χ1n) is 11.9. The predicted molar refractivity (Wildman–Crippen MR) is 139 cm³/mol. The SMILES string of the molecule is C=CCN(CC(=O)N1CCc2sccc2C1c1ccc(C)cc1)C(=O)C(CC)c1ccccc1. The fraction of sp³-hybridized carbons (Fsp3) is 0.310. The van der Waals surface area contributed by atoms with Crippen LogP contribution in [0, 0.1) is 6.92 Å². The highest BCUT2D eigenvalue weighted by Crippen LogP contribution is 2.38. The lowest BCUT2D eigenvalue weighted by molar-refractivity contribution is -0.142. The Kier molecular flexibility index (Phi) is 7.63.